The zero-order chi connectivity index (χ0) is 19.2. The fraction of sp³-hybridized carbons (Fsp3) is 0.421. The van der Waals surface area contributed by atoms with E-state index in [1.807, 2.05) is 12.1 Å². The molecule has 1 aromatic carbocycles. The maximum atomic E-state index is 9.85. The van der Waals surface area contributed by atoms with E-state index < -0.39 is 0 Å². The van der Waals surface area contributed by atoms with Crippen molar-refractivity contribution in [3.63, 3.8) is 0 Å². The average molecular weight is 384 g/mol. The summed E-state index contributed by atoms with van der Waals surface area (Å²) in [6.45, 7) is 5.80. The number of phenolic OH excluding ortho intramolecular Hbond substituents is 1. The van der Waals surface area contributed by atoms with Crippen molar-refractivity contribution >= 4 is 23.8 Å². The number of ether oxygens (including phenoxy) is 2. The van der Waals surface area contributed by atoms with Crippen LogP contribution in [0.2, 0.25) is 0 Å². The van der Waals surface area contributed by atoms with Crippen molar-refractivity contribution in [3.8, 4) is 5.75 Å². The van der Waals surface area contributed by atoms with Gasteiger partial charge in [-0.1, -0.05) is 12.1 Å². The van der Waals surface area contributed by atoms with E-state index in [1.54, 1.807) is 24.4 Å². The lowest BCUT2D eigenvalue weighted by molar-refractivity contribution is 0.121. The Morgan fingerprint density at radius 1 is 0.964 bits per heavy atom. The summed E-state index contributed by atoms with van der Waals surface area (Å²) in [6, 6.07) is 8.92. The molecule has 2 aromatic rings. The first-order chi connectivity index (χ1) is 13.8. The van der Waals surface area contributed by atoms with Crippen molar-refractivity contribution in [2.45, 2.75) is 0 Å². The highest BCUT2D eigenvalue weighted by atomic mass is 16.5. The normalized spacial score (nSPS) is 17.9. The number of hydrazone groups is 1. The molecule has 2 fully saturated rings. The molecule has 9 nitrogen and oxygen atoms in total. The number of nitrogens with one attached hydrogen (secondary N) is 1. The van der Waals surface area contributed by atoms with Crippen LogP contribution in [0.15, 0.2) is 35.4 Å². The minimum atomic E-state index is 0.179. The number of para-hydroxylation sites is 1. The molecule has 0 aliphatic carbocycles. The largest absolute Gasteiger partial charge is 0.507 e. The molecule has 2 aliphatic heterocycles. The first kappa shape index (κ1) is 18.5. The Morgan fingerprint density at radius 3 is 2.36 bits per heavy atom. The van der Waals surface area contributed by atoms with Gasteiger partial charge in [-0.3, -0.25) is 5.43 Å². The van der Waals surface area contributed by atoms with Gasteiger partial charge in [0.05, 0.1) is 32.6 Å². The van der Waals surface area contributed by atoms with Gasteiger partial charge in [-0.2, -0.15) is 15.1 Å². The molecule has 2 saturated heterocycles. The van der Waals surface area contributed by atoms with Gasteiger partial charge < -0.3 is 24.4 Å². The average Bonchev–Trinajstić information content (AvgIpc) is 2.76. The highest BCUT2D eigenvalue weighted by Crippen LogP contribution is 2.22. The van der Waals surface area contributed by atoms with Crippen molar-refractivity contribution in [2.75, 3.05) is 67.8 Å². The molecule has 28 heavy (non-hydrogen) atoms. The van der Waals surface area contributed by atoms with Gasteiger partial charge in [0, 0.05) is 37.8 Å². The summed E-state index contributed by atoms with van der Waals surface area (Å²) in [5.41, 5.74) is 3.60. The molecular weight excluding hydrogens is 360 g/mol. The summed E-state index contributed by atoms with van der Waals surface area (Å²) in [4.78, 5) is 13.7. The Labute approximate surface area is 163 Å². The topological polar surface area (TPSA) is 95.3 Å². The van der Waals surface area contributed by atoms with Crippen LogP contribution < -0.4 is 15.2 Å². The van der Waals surface area contributed by atoms with Crippen molar-refractivity contribution in [1.29, 1.82) is 0 Å². The summed E-state index contributed by atoms with van der Waals surface area (Å²) in [5, 5.41) is 14.1. The number of benzene rings is 1. The second kappa shape index (κ2) is 8.85. The number of hydrogen-bond acceptors (Lipinski definition) is 9. The monoisotopic (exact) mass is 384 g/mol. The summed E-state index contributed by atoms with van der Waals surface area (Å²) in [6.07, 6.45) is 1.57. The maximum absolute atomic E-state index is 9.85. The van der Waals surface area contributed by atoms with Crippen LogP contribution in [0.1, 0.15) is 5.56 Å². The van der Waals surface area contributed by atoms with E-state index in [9.17, 15) is 5.11 Å². The summed E-state index contributed by atoms with van der Waals surface area (Å²) < 4.78 is 10.9. The number of aromatic hydroxyl groups is 1. The molecule has 9 heteroatoms. The molecule has 3 heterocycles. The summed E-state index contributed by atoms with van der Waals surface area (Å²) in [7, 11) is 0. The smallest absolute Gasteiger partial charge is 0.229 e. The van der Waals surface area contributed by atoms with Crippen LogP contribution in [0, 0.1) is 0 Å². The highest BCUT2D eigenvalue weighted by Gasteiger charge is 2.19. The van der Waals surface area contributed by atoms with Gasteiger partial charge in [0.2, 0.25) is 5.95 Å². The second-order valence-electron chi connectivity index (χ2n) is 6.54. The van der Waals surface area contributed by atoms with E-state index >= 15 is 0 Å². The third-order valence-electron chi connectivity index (χ3n) is 4.65. The van der Waals surface area contributed by atoms with Crippen LogP contribution in [-0.2, 0) is 9.47 Å². The van der Waals surface area contributed by atoms with Crippen LogP contribution in [0.3, 0.4) is 0 Å². The second-order valence-corrected chi connectivity index (χ2v) is 6.54. The van der Waals surface area contributed by atoms with Gasteiger partial charge in [0.25, 0.3) is 0 Å². The first-order valence-corrected chi connectivity index (χ1v) is 9.41. The van der Waals surface area contributed by atoms with Gasteiger partial charge in [-0.25, -0.2) is 0 Å². The molecule has 148 valence electrons. The van der Waals surface area contributed by atoms with E-state index in [0.717, 1.165) is 32.0 Å². The molecule has 1 aromatic heterocycles. The molecule has 0 amide bonds. The zero-order valence-electron chi connectivity index (χ0n) is 15.6. The quantitative estimate of drug-likeness (QED) is 0.588. The van der Waals surface area contributed by atoms with Gasteiger partial charge in [0.15, 0.2) is 5.82 Å². The molecule has 0 unspecified atom stereocenters. The van der Waals surface area contributed by atoms with Crippen LogP contribution in [-0.4, -0.2) is 73.9 Å². The Balaban J connectivity index is 1.56. The highest BCUT2D eigenvalue weighted by molar-refractivity contribution is 5.83. The number of aromatic nitrogens is 2. The number of nitrogens with zero attached hydrogens (tertiary/aromatic N) is 5. The van der Waals surface area contributed by atoms with E-state index in [2.05, 4.69) is 25.3 Å². The molecule has 2 aliphatic rings. The summed E-state index contributed by atoms with van der Waals surface area (Å²) in [5.74, 6) is 2.29. The van der Waals surface area contributed by atoms with E-state index in [4.69, 9.17) is 14.5 Å². The molecule has 0 radical (unpaired) electrons. The maximum Gasteiger partial charge on any atom is 0.229 e. The lowest BCUT2D eigenvalue weighted by Gasteiger charge is -2.31. The Kier molecular flexibility index (Phi) is 5.83. The fourth-order valence-electron chi connectivity index (χ4n) is 3.10. The minimum absolute atomic E-state index is 0.179. The van der Waals surface area contributed by atoms with E-state index in [0.29, 0.717) is 43.8 Å². The van der Waals surface area contributed by atoms with Crippen molar-refractivity contribution in [3.05, 3.63) is 35.9 Å². The van der Waals surface area contributed by atoms with Crippen LogP contribution in [0.4, 0.5) is 17.6 Å². The summed E-state index contributed by atoms with van der Waals surface area (Å²) >= 11 is 0. The first-order valence-electron chi connectivity index (χ1n) is 9.41. The number of rotatable bonds is 5. The molecule has 0 spiro atoms. The molecular formula is C19H24N6O3. The third-order valence-corrected chi connectivity index (χ3v) is 4.65. The zero-order valence-corrected chi connectivity index (χ0v) is 15.6. The van der Waals surface area contributed by atoms with Crippen molar-refractivity contribution < 1.29 is 14.6 Å². The van der Waals surface area contributed by atoms with Crippen LogP contribution in [0.25, 0.3) is 0 Å². The Bertz CT molecular complexity index is 783. The van der Waals surface area contributed by atoms with E-state index in [-0.39, 0.29) is 5.75 Å². The molecule has 0 bridgehead atoms. The van der Waals surface area contributed by atoms with Crippen molar-refractivity contribution in [2.24, 2.45) is 5.10 Å². The number of hydrogen-bond donors (Lipinski definition) is 2. The van der Waals surface area contributed by atoms with Gasteiger partial charge in [-0.15, -0.1) is 0 Å². The number of anilines is 3. The van der Waals surface area contributed by atoms with Gasteiger partial charge in [-0.05, 0) is 12.1 Å². The predicted octanol–water partition coefficient (Wildman–Crippen LogP) is 1.30. The Morgan fingerprint density at radius 2 is 1.64 bits per heavy atom. The van der Waals surface area contributed by atoms with Crippen LogP contribution in [0.5, 0.6) is 5.75 Å². The number of morpholine rings is 2. The Hall–Kier alpha value is -2.91. The third kappa shape index (κ3) is 4.49. The standard InChI is InChI=1S/C19H24N6O3/c26-16-4-2-1-3-15(16)14-20-23-17-13-18(24-5-9-27-10-6-24)22-19(21-17)25-7-11-28-12-8-25/h1-4,13-14,26H,5-12H2,(H,21,22,23)/b20-14-. The van der Waals surface area contributed by atoms with E-state index in [1.165, 1.54) is 0 Å². The van der Waals surface area contributed by atoms with Gasteiger partial charge in [0.1, 0.15) is 11.6 Å². The molecule has 2 N–H and O–H groups in total. The predicted molar refractivity (Wildman–Crippen MR) is 107 cm³/mol. The molecule has 0 atom stereocenters. The van der Waals surface area contributed by atoms with Gasteiger partial charge >= 0.3 is 0 Å². The molecule has 0 saturated carbocycles. The number of phenols is 1. The van der Waals surface area contributed by atoms with Crippen LogP contribution >= 0.6 is 0 Å². The SMILES string of the molecule is Oc1ccccc1/C=N\Nc1cc(N2CCOCC2)nc(N2CCOCC2)n1. The minimum Gasteiger partial charge on any atom is -0.507 e. The lowest BCUT2D eigenvalue weighted by atomic mass is 10.2. The fourth-order valence-corrected chi connectivity index (χ4v) is 3.10. The molecule has 4 rings (SSSR count). The lowest BCUT2D eigenvalue weighted by Crippen LogP contribution is -2.39. The van der Waals surface area contributed by atoms with Crippen molar-refractivity contribution in [1.82, 2.24) is 9.97 Å².